The Morgan fingerprint density at radius 2 is 1.73 bits per heavy atom. The molecule has 0 radical (unpaired) electrons. The number of phenolic OH excluding ortho intramolecular Hbond substituents is 1. The summed E-state index contributed by atoms with van der Waals surface area (Å²) in [5.41, 5.74) is 3.89. The minimum absolute atomic E-state index is 0.346. The van der Waals surface area contributed by atoms with Gasteiger partial charge in [-0.1, -0.05) is 62.2 Å². The summed E-state index contributed by atoms with van der Waals surface area (Å²) in [6.45, 7) is 4.22. The third-order valence-electron chi connectivity index (χ3n) is 4.96. The third kappa shape index (κ3) is 5.94. The molecule has 0 saturated heterocycles. The summed E-state index contributed by atoms with van der Waals surface area (Å²) in [7, 11) is 9.87. The fourth-order valence-corrected chi connectivity index (χ4v) is 3.41. The van der Waals surface area contributed by atoms with Crippen LogP contribution < -0.4 is 0 Å². The van der Waals surface area contributed by atoms with Crippen LogP contribution in [0.3, 0.4) is 0 Å². The standard InChI is InChI=1S/C21H25NO.2ClH.Zr/c1-15-8-6-7-11-20(15)22-14-19-18(13-12-16(2)21(19)23)17-9-4-3-5-10-17;;;/h3-5,9-10,12-15,20,23H,6-8,11H2,1-2H3;2*1H;/q;;;+2/p-2. The molecule has 1 fully saturated rings. The summed E-state index contributed by atoms with van der Waals surface area (Å²) < 4.78 is 0. The zero-order valence-electron chi connectivity index (χ0n) is 15.3. The molecule has 26 heavy (non-hydrogen) atoms. The van der Waals surface area contributed by atoms with Crippen LogP contribution >= 0.6 is 17.0 Å². The summed E-state index contributed by atoms with van der Waals surface area (Å²) >= 11 is -0.826. The van der Waals surface area contributed by atoms with Crippen LogP contribution in [-0.4, -0.2) is 17.4 Å². The van der Waals surface area contributed by atoms with Gasteiger partial charge in [-0.15, -0.1) is 0 Å². The van der Waals surface area contributed by atoms with Gasteiger partial charge < -0.3 is 5.11 Å². The first-order valence-electron chi connectivity index (χ1n) is 8.96. The van der Waals surface area contributed by atoms with Crippen LogP contribution in [0, 0.1) is 12.8 Å². The van der Waals surface area contributed by atoms with E-state index < -0.39 is 20.8 Å². The van der Waals surface area contributed by atoms with Crippen molar-refractivity contribution in [2.24, 2.45) is 10.9 Å². The number of aryl methyl sites for hydroxylation is 1. The van der Waals surface area contributed by atoms with Gasteiger partial charge in [-0.25, -0.2) is 0 Å². The van der Waals surface area contributed by atoms with E-state index in [4.69, 9.17) is 22.0 Å². The van der Waals surface area contributed by atoms with Gasteiger partial charge in [-0.3, -0.25) is 4.99 Å². The fraction of sp³-hybridized carbons (Fsp3) is 0.381. The van der Waals surface area contributed by atoms with Crippen LogP contribution in [0.15, 0.2) is 47.5 Å². The summed E-state index contributed by atoms with van der Waals surface area (Å²) in [6.07, 6.45) is 6.89. The van der Waals surface area contributed by atoms with E-state index in [1.807, 2.05) is 37.4 Å². The first-order chi connectivity index (χ1) is 12.6. The number of nitrogens with zero attached hydrogens (tertiary/aromatic N) is 1. The predicted octanol–water partition coefficient (Wildman–Crippen LogP) is 6.74. The van der Waals surface area contributed by atoms with Gasteiger partial charge in [0.1, 0.15) is 5.75 Å². The summed E-state index contributed by atoms with van der Waals surface area (Å²) in [4.78, 5) is 4.84. The molecule has 138 valence electrons. The van der Waals surface area contributed by atoms with Gasteiger partial charge >= 0.3 is 37.9 Å². The fourth-order valence-electron chi connectivity index (χ4n) is 3.41. The topological polar surface area (TPSA) is 32.6 Å². The van der Waals surface area contributed by atoms with Gasteiger partial charge in [0.15, 0.2) is 0 Å². The molecule has 1 aliphatic carbocycles. The molecule has 3 rings (SSSR count). The molecule has 2 unspecified atom stereocenters. The number of aromatic hydroxyl groups is 1. The molecule has 2 atom stereocenters. The van der Waals surface area contributed by atoms with E-state index in [1.165, 1.54) is 19.3 Å². The molecule has 1 saturated carbocycles. The van der Waals surface area contributed by atoms with Crippen molar-refractivity contribution in [3.63, 3.8) is 0 Å². The zero-order chi connectivity index (χ0) is 18.9. The average molecular weight is 470 g/mol. The van der Waals surface area contributed by atoms with E-state index in [9.17, 15) is 5.11 Å². The molecular formula is C21H25Cl2NOZr. The number of benzene rings is 2. The van der Waals surface area contributed by atoms with Crippen LogP contribution in [0.2, 0.25) is 0 Å². The van der Waals surface area contributed by atoms with Crippen molar-refractivity contribution in [2.75, 3.05) is 0 Å². The molecule has 2 aromatic carbocycles. The predicted molar refractivity (Wildman–Crippen MR) is 109 cm³/mol. The third-order valence-corrected chi connectivity index (χ3v) is 4.96. The number of hydrogen-bond donors (Lipinski definition) is 1. The summed E-state index contributed by atoms with van der Waals surface area (Å²) in [6, 6.07) is 14.6. The maximum atomic E-state index is 10.5. The van der Waals surface area contributed by atoms with Gasteiger partial charge in [0.2, 0.25) is 0 Å². The van der Waals surface area contributed by atoms with Crippen LogP contribution in [0.4, 0.5) is 0 Å². The summed E-state index contributed by atoms with van der Waals surface area (Å²) in [5.74, 6) is 0.977. The first-order valence-corrected chi connectivity index (χ1v) is 15.3. The Morgan fingerprint density at radius 1 is 1.08 bits per heavy atom. The Labute approximate surface area is 175 Å². The normalized spacial score (nSPS) is 19.7. The van der Waals surface area contributed by atoms with Gasteiger partial charge in [0.05, 0.1) is 6.04 Å². The molecule has 2 nitrogen and oxygen atoms in total. The van der Waals surface area contributed by atoms with Crippen molar-refractivity contribution < 1.29 is 26.0 Å². The molecule has 0 bridgehead atoms. The molecule has 0 amide bonds. The molecular weight excluding hydrogens is 444 g/mol. The van der Waals surface area contributed by atoms with Crippen molar-refractivity contribution >= 4 is 23.2 Å². The number of hydrogen-bond acceptors (Lipinski definition) is 2. The molecule has 0 aliphatic heterocycles. The SMILES string of the molecule is Cc1ccc(-c2ccccc2)c(C=NC2CCCCC2C)c1O.[Cl][Zr][Cl]. The monoisotopic (exact) mass is 467 g/mol. The molecule has 5 heteroatoms. The van der Waals surface area contributed by atoms with Crippen molar-refractivity contribution in [1.29, 1.82) is 0 Å². The second-order valence-corrected chi connectivity index (χ2v) is 10.5. The molecule has 0 heterocycles. The number of halogens is 2. The Bertz CT molecular complexity index is 721. The van der Waals surface area contributed by atoms with Crippen molar-refractivity contribution in [3.8, 4) is 16.9 Å². The minimum atomic E-state index is -0.826. The Balaban J connectivity index is 0.000000758. The second kappa shape index (κ2) is 11.3. The average Bonchev–Trinajstić information content (AvgIpc) is 2.65. The molecule has 1 N–H and O–H groups in total. The second-order valence-electron chi connectivity index (χ2n) is 6.74. The maximum absolute atomic E-state index is 10.5. The summed E-state index contributed by atoms with van der Waals surface area (Å²) in [5, 5.41) is 10.5. The number of phenols is 1. The molecule has 0 spiro atoms. The van der Waals surface area contributed by atoms with Crippen LogP contribution in [0.5, 0.6) is 5.75 Å². The van der Waals surface area contributed by atoms with E-state index in [0.29, 0.717) is 17.7 Å². The Morgan fingerprint density at radius 3 is 2.38 bits per heavy atom. The van der Waals surface area contributed by atoms with Crippen molar-refractivity contribution in [3.05, 3.63) is 53.6 Å². The van der Waals surface area contributed by atoms with Crippen LogP contribution in [0.1, 0.15) is 43.7 Å². The quantitative estimate of drug-likeness (QED) is 0.496. The number of rotatable bonds is 3. The van der Waals surface area contributed by atoms with Crippen molar-refractivity contribution in [2.45, 2.75) is 45.6 Å². The Hall–Kier alpha value is -0.627. The van der Waals surface area contributed by atoms with Crippen LogP contribution in [0.25, 0.3) is 11.1 Å². The van der Waals surface area contributed by atoms with E-state index >= 15 is 0 Å². The molecule has 1 aliphatic rings. The zero-order valence-corrected chi connectivity index (χ0v) is 19.2. The van der Waals surface area contributed by atoms with Gasteiger partial charge in [0, 0.05) is 11.8 Å². The van der Waals surface area contributed by atoms with E-state index in [0.717, 1.165) is 28.7 Å². The Kier molecular flexibility index (Phi) is 9.39. The molecule has 2 aromatic rings. The van der Waals surface area contributed by atoms with Gasteiger partial charge in [0.25, 0.3) is 0 Å². The van der Waals surface area contributed by atoms with Gasteiger partial charge in [-0.2, -0.15) is 0 Å². The van der Waals surface area contributed by atoms with E-state index in [1.54, 1.807) is 0 Å². The molecule has 0 aromatic heterocycles. The van der Waals surface area contributed by atoms with Crippen LogP contribution in [-0.2, 0) is 20.8 Å². The number of aliphatic imine (C=N–C) groups is 1. The first kappa shape index (κ1) is 21.7. The van der Waals surface area contributed by atoms with E-state index in [-0.39, 0.29) is 0 Å². The van der Waals surface area contributed by atoms with E-state index in [2.05, 4.69) is 25.1 Å². The van der Waals surface area contributed by atoms with Gasteiger partial charge in [-0.05, 0) is 42.4 Å². The van der Waals surface area contributed by atoms with Crippen molar-refractivity contribution in [1.82, 2.24) is 0 Å².